The molecule has 0 aromatic carbocycles. The van der Waals surface area contributed by atoms with Crippen molar-refractivity contribution in [3.8, 4) is 0 Å². The standard InChI is InChI=1S/C13H17N5O4S/c1-18-11-9(12(19)16-13(18)20)4-8(6-15-11)23(21,22)17-10(5-14)7-2-3-7/h4,6-7,10,17H,2-3,5,14H2,1H3,(H,16,19,20). The molecule has 0 bridgehead atoms. The fourth-order valence-corrected chi connectivity index (χ4v) is 3.75. The summed E-state index contributed by atoms with van der Waals surface area (Å²) in [7, 11) is -2.40. The van der Waals surface area contributed by atoms with E-state index in [-0.39, 0.29) is 34.4 Å². The lowest BCUT2D eigenvalue weighted by atomic mass is 10.2. The third-order valence-electron chi connectivity index (χ3n) is 3.99. The average Bonchev–Trinajstić information content (AvgIpc) is 3.34. The first-order chi connectivity index (χ1) is 10.8. The van der Waals surface area contributed by atoms with Gasteiger partial charge in [0.25, 0.3) is 5.56 Å². The molecular formula is C13H17N5O4S. The molecule has 3 rings (SSSR count). The van der Waals surface area contributed by atoms with E-state index in [1.807, 2.05) is 0 Å². The van der Waals surface area contributed by atoms with Crippen molar-refractivity contribution in [3.05, 3.63) is 33.1 Å². The Balaban J connectivity index is 2.06. The summed E-state index contributed by atoms with van der Waals surface area (Å²) in [4.78, 5) is 29.3. The van der Waals surface area contributed by atoms with Crippen LogP contribution in [0.2, 0.25) is 0 Å². The molecule has 10 heteroatoms. The number of H-pyrrole nitrogens is 1. The van der Waals surface area contributed by atoms with Crippen LogP contribution in [0.15, 0.2) is 26.7 Å². The summed E-state index contributed by atoms with van der Waals surface area (Å²) in [6.45, 7) is 0.208. The van der Waals surface area contributed by atoms with Crippen LogP contribution >= 0.6 is 0 Å². The van der Waals surface area contributed by atoms with Crippen molar-refractivity contribution < 1.29 is 8.42 Å². The molecule has 1 unspecified atom stereocenters. The Morgan fingerprint density at radius 2 is 2.17 bits per heavy atom. The van der Waals surface area contributed by atoms with Crippen molar-refractivity contribution >= 4 is 21.1 Å². The number of pyridine rings is 1. The van der Waals surface area contributed by atoms with Crippen molar-refractivity contribution in [2.75, 3.05) is 6.54 Å². The van der Waals surface area contributed by atoms with Gasteiger partial charge in [-0.3, -0.25) is 14.3 Å². The predicted octanol–water partition coefficient (Wildman–Crippen LogP) is -1.36. The highest BCUT2D eigenvalue weighted by atomic mass is 32.2. The number of nitrogens with one attached hydrogen (secondary N) is 2. The van der Waals surface area contributed by atoms with Crippen LogP contribution in [0.25, 0.3) is 11.0 Å². The van der Waals surface area contributed by atoms with Gasteiger partial charge in [-0.05, 0) is 24.8 Å². The molecule has 4 N–H and O–H groups in total. The van der Waals surface area contributed by atoms with E-state index < -0.39 is 21.3 Å². The lowest BCUT2D eigenvalue weighted by Gasteiger charge is -2.16. The van der Waals surface area contributed by atoms with Crippen molar-refractivity contribution in [1.82, 2.24) is 19.3 Å². The smallest absolute Gasteiger partial charge is 0.329 e. The van der Waals surface area contributed by atoms with Crippen LogP contribution < -0.4 is 21.7 Å². The monoisotopic (exact) mass is 339 g/mol. The van der Waals surface area contributed by atoms with E-state index in [1.165, 1.54) is 13.1 Å². The molecular weight excluding hydrogens is 322 g/mol. The Hall–Kier alpha value is -2.04. The molecule has 2 heterocycles. The van der Waals surface area contributed by atoms with Gasteiger partial charge in [-0.1, -0.05) is 0 Å². The molecule has 0 amide bonds. The van der Waals surface area contributed by atoms with Gasteiger partial charge in [-0.2, -0.15) is 0 Å². The van der Waals surface area contributed by atoms with Gasteiger partial charge in [0.15, 0.2) is 0 Å². The number of aromatic amines is 1. The summed E-state index contributed by atoms with van der Waals surface area (Å²) >= 11 is 0. The van der Waals surface area contributed by atoms with Crippen LogP contribution in [-0.4, -0.2) is 35.5 Å². The summed E-state index contributed by atoms with van der Waals surface area (Å²) in [6, 6.07) is 0.887. The second kappa shape index (κ2) is 5.55. The Kier molecular flexibility index (Phi) is 3.82. The SMILES string of the molecule is Cn1c(=O)[nH]c(=O)c2cc(S(=O)(=O)NC(CN)C3CC3)cnc21. The van der Waals surface area contributed by atoms with E-state index in [2.05, 4.69) is 14.7 Å². The zero-order valence-electron chi connectivity index (χ0n) is 12.4. The molecule has 1 atom stereocenters. The number of rotatable bonds is 5. The van der Waals surface area contributed by atoms with Crippen LogP contribution in [0.4, 0.5) is 0 Å². The third kappa shape index (κ3) is 2.92. The second-order valence-corrected chi connectivity index (χ2v) is 7.38. The maximum atomic E-state index is 12.5. The molecule has 2 aromatic rings. The van der Waals surface area contributed by atoms with Gasteiger partial charge in [-0.25, -0.2) is 22.9 Å². The molecule has 2 aromatic heterocycles. The van der Waals surface area contributed by atoms with Crippen molar-refractivity contribution in [3.63, 3.8) is 0 Å². The molecule has 1 aliphatic carbocycles. The fraction of sp³-hybridized carbons (Fsp3) is 0.462. The number of nitrogens with two attached hydrogens (primary N) is 1. The van der Waals surface area contributed by atoms with Gasteiger partial charge in [0.1, 0.15) is 10.5 Å². The first-order valence-electron chi connectivity index (χ1n) is 7.15. The van der Waals surface area contributed by atoms with Gasteiger partial charge >= 0.3 is 5.69 Å². The molecule has 1 fully saturated rings. The maximum Gasteiger partial charge on any atom is 0.329 e. The fourth-order valence-electron chi connectivity index (χ4n) is 2.47. The van der Waals surface area contributed by atoms with Crippen LogP contribution in [0.5, 0.6) is 0 Å². The number of hydrogen-bond acceptors (Lipinski definition) is 6. The van der Waals surface area contributed by atoms with Crippen molar-refractivity contribution in [2.45, 2.75) is 23.8 Å². The number of sulfonamides is 1. The quantitative estimate of drug-likeness (QED) is 0.614. The van der Waals surface area contributed by atoms with Crippen LogP contribution in [0.1, 0.15) is 12.8 Å². The largest absolute Gasteiger partial charge is 0.329 e. The first-order valence-corrected chi connectivity index (χ1v) is 8.63. The Labute approximate surface area is 131 Å². The molecule has 0 radical (unpaired) electrons. The number of aryl methyl sites for hydroxylation is 1. The van der Waals surface area contributed by atoms with Crippen molar-refractivity contribution in [2.24, 2.45) is 18.7 Å². The zero-order valence-corrected chi connectivity index (χ0v) is 13.3. The number of nitrogens with zero attached hydrogens (tertiary/aromatic N) is 2. The lowest BCUT2D eigenvalue weighted by molar-refractivity contribution is 0.519. The Morgan fingerprint density at radius 3 is 2.78 bits per heavy atom. The Morgan fingerprint density at radius 1 is 1.48 bits per heavy atom. The highest BCUT2D eigenvalue weighted by molar-refractivity contribution is 7.89. The van der Waals surface area contributed by atoms with Crippen molar-refractivity contribution in [1.29, 1.82) is 0 Å². The Bertz CT molecular complexity index is 974. The predicted molar refractivity (Wildman–Crippen MR) is 83.5 cm³/mol. The first kappa shape index (κ1) is 15.8. The molecule has 0 spiro atoms. The van der Waals surface area contributed by atoms with Gasteiger partial charge in [0, 0.05) is 25.8 Å². The second-order valence-electron chi connectivity index (χ2n) is 5.66. The minimum absolute atomic E-state index is 0.0331. The average molecular weight is 339 g/mol. The highest BCUT2D eigenvalue weighted by Crippen LogP contribution is 2.32. The molecule has 0 aliphatic heterocycles. The van der Waals surface area contributed by atoms with E-state index in [0.29, 0.717) is 0 Å². The summed E-state index contributed by atoms with van der Waals surface area (Å²) < 4.78 is 28.6. The lowest BCUT2D eigenvalue weighted by Crippen LogP contribution is -2.41. The summed E-state index contributed by atoms with van der Waals surface area (Å²) in [5.41, 5.74) is 4.45. The number of fused-ring (bicyclic) bond motifs is 1. The summed E-state index contributed by atoms with van der Waals surface area (Å²) in [5.74, 6) is 0.257. The van der Waals surface area contributed by atoms with Gasteiger partial charge in [0.05, 0.1) is 5.39 Å². The van der Waals surface area contributed by atoms with E-state index in [9.17, 15) is 18.0 Å². The summed E-state index contributed by atoms with van der Waals surface area (Å²) in [6.07, 6.45) is 3.02. The van der Waals surface area contributed by atoms with Gasteiger partial charge in [0.2, 0.25) is 10.0 Å². The van der Waals surface area contributed by atoms with E-state index in [4.69, 9.17) is 5.73 Å². The molecule has 1 aliphatic rings. The minimum Gasteiger partial charge on any atom is -0.329 e. The number of aromatic nitrogens is 3. The third-order valence-corrected chi connectivity index (χ3v) is 5.45. The molecule has 9 nitrogen and oxygen atoms in total. The molecule has 23 heavy (non-hydrogen) atoms. The van der Waals surface area contributed by atoms with E-state index in [1.54, 1.807) is 0 Å². The van der Waals surface area contributed by atoms with E-state index in [0.717, 1.165) is 23.6 Å². The molecule has 1 saturated carbocycles. The highest BCUT2D eigenvalue weighted by Gasteiger charge is 2.33. The normalized spacial score (nSPS) is 16.6. The topological polar surface area (TPSA) is 140 Å². The van der Waals surface area contributed by atoms with Crippen LogP contribution in [0, 0.1) is 5.92 Å². The van der Waals surface area contributed by atoms with Crippen LogP contribution in [0.3, 0.4) is 0 Å². The minimum atomic E-state index is -3.84. The zero-order chi connectivity index (χ0) is 16.8. The maximum absolute atomic E-state index is 12.5. The number of hydrogen-bond donors (Lipinski definition) is 3. The molecule has 124 valence electrons. The van der Waals surface area contributed by atoms with Gasteiger partial charge < -0.3 is 5.73 Å². The van der Waals surface area contributed by atoms with Crippen LogP contribution in [-0.2, 0) is 17.1 Å². The molecule has 0 saturated heterocycles. The van der Waals surface area contributed by atoms with E-state index >= 15 is 0 Å². The summed E-state index contributed by atoms with van der Waals surface area (Å²) in [5, 5.41) is 0.0331. The van der Waals surface area contributed by atoms with Gasteiger partial charge in [-0.15, -0.1) is 0 Å².